The summed E-state index contributed by atoms with van der Waals surface area (Å²) in [5, 5.41) is 20.2. The van der Waals surface area contributed by atoms with Gasteiger partial charge < -0.3 is 25.3 Å². The molecule has 1 unspecified atom stereocenters. The lowest BCUT2D eigenvalue weighted by Gasteiger charge is -2.24. The van der Waals surface area contributed by atoms with Gasteiger partial charge in [0, 0.05) is 6.20 Å². The Kier molecular flexibility index (Phi) is 3.83. The van der Waals surface area contributed by atoms with Crippen LogP contribution in [-0.4, -0.2) is 48.7 Å². The van der Waals surface area contributed by atoms with Crippen molar-refractivity contribution in [2.75, 3.05) is 5.73 Å². The van der Waals surface area contributed by atoms with E-state index in [0.29, 0.717) is 0 Å². The molecule has 0 amide bonds. The summed E-state index contributed by atoms with van der Waals surface area (Å²) in [6.45, 7) is 2.81. The standard InChI is InChI=1S/C15H17FN4O4/c1-3-5-15(16)10(22)9(7(2)21)24-13(15)20-6-4-8-11(20)18-14(17)19-12(8)23/h4,6-7,9-10,13,21-22H,1-2H3,(H3,17,18,19,23)/t7-,9-,10+,13-,15?/m1/s1. The van der Waals surface area contributed by atoms with Gasteiger partial charge in [0.2, 0.25) is 11.6 Å². The number of anilines is 1. The zero-order valence-electron chi connectivity index (χ0n) is 13.0. The van der Waals surface area contributed by atoms with E-state index < -0.39 is 35.8 Å². The van der Waals surface area contributed by atoms with Crippen LogP contribution in [0.3, 0.4) is 0 Å². The van der Waals surface area contributed by atoms with Crippen molar-refractivity contribution in [1.82, 2.24) is 14.5 Å². The zero-order valence-corrected chi connectivity index (χ0v) is 13.0. The lowest BCUT2D eigenvalue weighted by molar-refractivity contribution is -0.0775. The number of hydrogen-bond donors (Lipinski definition) is 4. The van der Waals surface area contributed by atoms with Crippen LogP contribution >= 0.6 is 0 Å². The average molecular weight is 336 g/mol. The van der Waals surface area contributed by atoms with Crippen molar-refractivity contribution in [3.05, 3.63) is 22.6 Å². The second kappa shape index (κ2) is 5.59. The molecule has 1 aliphatic rings. The van der Waals surface area contributed by atoms with Crippen LogP contribution < -0.4 is 11.3 Å². The van der Waals surface area contributed by atoms with Crippen LogP contribution in [0.25, 0.3) is 11.0 Å². The minimum atomic E-state index is -2.48. The number of aromatic amines is 1. The summed E-state index contributed by atoms with van der Waals surface area (Å²) in [6, 6.07) is 1.44. The monoisotopic (exact) mass is 336 g/mol. The van der Waals surface area contributed by atoms with E-state index in [0.717, 1.165) is 0 Å². The van der Waals surface area contributed by atoms with Crippen LogP contribution in [-0.2, 0) is 4.74 Å². The Morgan fingerprint density at radius 1 is 1.62 bits per heavy atom. The van der Waals surface area contributed by atoms with Gasteiger partial charge in [0.15, 0.2) is 11.9 Å². The van der Waals surface area contributed by atoms with Crippen molar-refractivity contribution in [2.45, 2.75) is 44.1 Å². The number of H-pyrrole nitrogens is 1. The molecule has 0 bridgehead atoms. The number of aliphatic hydroxyl groups excluding tert-OH is 2. The molecule has 1 fully saturated rings. The summed E-state index contributed by atoms with van der Waals surface area (Å²) in [5.41, 5.74) is 2.68. The number of nitrogen functional groups attached to an aromatic ring is 1. The second-order valence-corrected chi connectivity index (χ2v) is 5.69. The highest BCUT2D eigenvalue weighted by atomic mass is 19.1. The quantitative estimate of drug-likeness (QED) is 0.557. The molecular weight excluding hydrogens is 319 g/mol. The summed E-state index contributed by atoms with van der Waals surface area (Å²) < 4.78 is 22.2. The maximum absolute atomic E-state index is 15.4. The predicted molar refractivity (Wildman–Crippen MR) is 83.7 cm³/mol. The minimum absolute atomic E-state index is 0.0969. The van der Waals surface area contributed by atoms with E-state index >= 15 is 4.39 Å². The molecule has 2 aromatic rings. The largest absolute Gasteiger partial charge is 0.391 e. The van der Waals surface area contributed by atoms with Gasteiger partial charge in [-0.15, -0.1) is 5.92 Å². The highest BCUT2D eigenvalue weighted by molar-refractivity contribution is 5.76. The molecule has 5 N–H and O–H groups in total. The van der Waals surface area contributed by atoms with Crippen molar-refractivity contribution in [3.63, 3.8) is 0 Å². The number of rotatable bonds is 2. The molecule has 5 atom stereocenters. The Morgan fingerprint density at radius 2 is 2.33 bits per heavy atom. The normalized spacial score (nSPS) is 31.0. The summed E-state index contributed by atoms with van der Waals surface area (Å²) in [4.78, 5) is 18.3. The third-order valence-corrected chi connectivity index (χ3v) is 4.03. The van der Waals surface area contributed by atoms with Crippen molar-refractivity contribution in [3.8, 4) is 11.8 Å². The summed E-state index contributed by atoms with van der Waals surface area (Å²) in [7, 11) is 0. The molecular formula is C15H17FN4O4. The summed E-state index contributed by atoms with van der Waals surface area (Å²) in [5.74, 6) is 4.61. The Bertz CT molecular complexity index is 896. The molecule has 8 nitrogen and oxygen atoms in total. The van der Waals surface area contributed by atoms with Gasteiger partial charge in [-0.2, -0.15) is 4.98 Å². The van der Waals surface area contributed by atoms with Crippen LogP contribution in [0.15, 0.2) is 17.1 Å². The smallest absolute Gasteiger partial charge is 0.261 e. The fourth-order valence-electron chi connectivity index (χ4n) is 2.93. The Morgan fingerprint density at radius 3 is 2.96 bits per heavy atom. The van der Waals surface area contributed by atoms with Crippen LogP contribution in [0.1, 0.15) is 20.1 Å². The minimum Gasteiger partial charge on any atom is -0.391 e. The van der Waals surface area contributed by atoms with Crippen LogP contribution in [0.4, 0.5) is 10.3 Å². The molecule has 3 heterocycles. The Hall–Kier alpha value is -2.41. The maximum atomic E-state index is 15.4. The molecule has 0 radical (unpaired) electrons. The molecule has 24 heavy (non-hydrogen) atoms. The Labute approximate surface area is 136 Å². The Balaban J connectivity index is 2.20. The fraction of sp³-hybridized carbons (Fsp3) is 0.467. The van der Waals surface area contributed by atoms with Crippen molar-refractivity contribution < 1.29 is 19.3 Å². The third-order valence-electron chi connectivity index (χ3n) is 4.03. The number of ether oxygens (including phenoxy) is 1. The predicted octanol–water partition coefficient (Wildman–Crippen LogP) is -0.323. The van der Waals surface area contributed by atoms with E-state index in [1.807, 2.05) is 0 Å². The van der Waals surface area contributed by atoms with E-state index in [-0.39, 0.29) is 17.0 Å². The number of hydrogen-bond acceptors (Lipinski definition) is 6. The SMILES string of the molecule is CC#CC1(F)[C@@H](O)[C@@H]([C@@H](C)O)O[C@H]1n1ccc2c(=O)[nH]c(N)nc21. The number of alkyl halides is 1. The second-order valence-electron chi connectivity index (χ2n) is 5.69. The van der Waals surface area contributed by atoms with Gasteiger partial charge >= 0.3 is 0 Å². The number of fused-ring (bicyclic) bond motifs is 1. The first-order valence-electron chi connectivity index (χ1n) is 7.30. The number of nitrogens with two attached hydrogens (primary N) is 1. The molecule has 3 rings (SSSR count). The molecule has 9 heteroatoms. The average Bonchev–Trinajstić information content (AvgIpc) is 3.00. The summed E-state index contributed by atoms with van der Waals surface area (Å²) in [6.07, 6.45) is -3.98. The van der Waals surface area contributed by atoms with E-state index in [4.69, 9.17) is 10.5 Å². The van der Waals surface area contributed by atoms with Gasteiger partial charge in [0.1, 0.15) is 12.2 Å². The van der Waals surface area contributed by atoms with E-state index in [9.17, 15) is 15.0 Å². The highest BCUT2D eigenvalue weighted by Crippen LogP contribution is 2.43. The number of nitrogens with one attached hydrogen (secondary N) is 1. The van der Waals surface area contributed by atoms with E-state index in [1.54, 1.807) is 0 Å². The van der Waals surface area contributed by atoms with Crippen molar-refractivity contribution in [2.24, 2.45) is 0 Å². The molecule has 0 spiro atoms. The molecule has 128 valence electrons. The third kappa shape index (κ3) is 2.27. The fourth-order valence-corrected chi connectivity index (χ4v) is 2.93. The van der Waals surface area contributed by atoms with Gasteiger partial charge in [-0.1, -0.05) is 5.92 Å². The van der Waals surface area contributed by atoms with Gasteiger partial charge in [-0.05, 0) is 19.9 Å². The van der Waals surface area contributed by atoms with Gasteiger partial charge in [-0.3, -0.25) is 9.78 Å². The molecule has 1 saturated heterocycles. The van der Waals surface area contributed by atoms with Crippen molar-refractivity contribution in [1.29, 1.82) is 0 Å². The first kappa shape index (κ1) is 16.4. The first-order valence-corrected chi connectivity index (χ1v) is 7.30. The zero-order chi connectivity index (χ0) is 17.6. The van der Waals surface area contributed by atoms with Crippen molar-refractivity contribution >= 4 is 17.0 Å². The topological polar surface area (TPSA) is 126 Å². The number of halogens is 1. The van der Waals surface area contributed by atoms with E-state index in [1.165, 1.54) is 30.7 Å². The van der Waals surface area contributed by atoms with E-state index in [2.05, 4.69) is 21.8 Å². The van der Waals surface area contributed by atoms with Crippen LogP contribution in [0, 0.1) is 11.8 Å². The number of nitrogens with zero attached hydrogens (tertiary/aromatic N) is 2. The van der Waals surface area contributed by atoms with Gasteiger partial charge in [-0.25, -0.2) is 4.39 Å². The lowest BCUT2D eigenvalue weighted by Crippen LogP contribution is -2.44. The number of aromatic nitrogens is 3. The summed E-state index contributed by atoms with van der Waals surface area (Å²) >= 11 is 0. The maximum Gasteiger partial charge on any atom is 0.261 e. The van der Waals surface area contributed by atoms with Crippen LogP contribution in [0.2, 0.25) is 0 Å². The van der Waals surface area contributed by atoms with Crippen LogP contribution in [0.5, 0.6) is 0 Å². The molecule has 2 aromatic heterocycles. The first-order chi connectivity index (χ1) is 11.3. The molecule has 0 aliphatic carbocycles. The molecule has 0 aromatic carbocycles. The number of aliphatic hydroxyl groups is 2. The van der Waals surface area contributed by atoms with Gasteiger partial charge in [0.05, 0.1) is 11.5 Å². The molecule has 0 saturated carbocycles. The molecule has 1 aliphatic heterocycles. The highest BCUT2D eigenvalue weighted by Gasteiger charge is 2.59. The lowest BCUT2D eigenvalue weighted by atomic mass is 9.94. The van der Waals surface area contributed by atoms with Gasteiger partial charge in [0.25, 0.3) is 5.56 Å².